The first-order valence-corrected chi connectivity index (χ1v) is 3.48. The lowest BCUT2D eigenvalue weighted by atomic mass is 10.1. The molecule has 1 aromatic carbocycles. The highest BCUT2D eigenvalue weighted by Gasteiger charge is 2.04. The summed E-state index contributed by atoms with van der Waals surface area (Å²) >= 11 is 5.57. The van der Waals surface area contributed by atoms with E-state index in [0.717, 1.165) is 0 Å². The SMILES string of the molecule is [2H]C(O)(CF)c1ccc(Cl)cc1. The molecule has 0 amide bonds. The molecule has 11 heavy (non-hydrogen) atoms. The Balaban J connectivity index is 2.96. The van der Waals surface area contributed by atoms with E-state index in [1.807, 2.05) is 0 Å². The van der Waals surface area contributed by atoms with Gasteiger partial charge in [0.1, 0.15) is 12.8 Å². The van der Waals surface area contributed by atoms with Gasteiger partial charge in [0.15, 0.2) is 0 Å². The van der Waals surface area contributed by atoms with Crippen LogP contribution in [0.3, 0.4) is 0 Å². The van der Waals surface area contributed by atoms with E-state index < -0.39 is 12.8 Å². The van der Waals surface area contributed by atoms with Crippen molar-refractivity contribution in [3.05, 3.63) is 34.9 Å². The van der Waals surface area contributed by atoms with Crippen molar-refractivity contribution < 1.29 is 10.9 Å². The van der Waals surface area contributed by atoms with Gasteiger partial charge in [0.05, 0.1) is 1.37 Å². The molecule has 1 aromatic rings. The Labute approximate surface area is 70.8 Å². The molecule has 0 aliphatic heterocycles. The zero-order chi connectivity index (χ0) is 9.19. The van der Waals surface area contributed by atoms with Gasteiger partial charge in [0.2, 0.25) is 0 Å². The highest BCUT2D eigenvalue weighted by atomic mass is 35.5. The monoisotopic (exact) mass is 175 g/mol. The summed E-state index contributed by atoms with van der Waals surface area (Å²) in [4.78, 5) is 0. The van der Waals surface area contributed by atoms with Gasteiger partial charge < -0.3 is 5.11 Å². The predicted molar refractivity (Wildman–Crippen MR) is 42.4 cm³/mol. The first-order chi connectivity index (χ1) is 5.56. The fourth-order valence-corrected chi connectivity index (χ4v) is 0.845. The number of alkyl halides is 1. The quantitative estimate of drug-likeness (QED) is 0.732. The molecule has 0 bridgehead atoms. The molecule has 1 nitrogen and oxygen atoms in total. The Kier molecular flexibility index (Phi) is 2.37. The van der Waals surface area contributed by atoms with Crippen molar-refractivity contribution in [2.45, 2.75) is 6.08 Å². The lowest BCUT2D eigenvalue weighted by molar-refractivity contribution is 0.142. The van der Waals surface area contributed by atoms with Crippen molar-refractivity contribution in [1.29, 1.82) is 0 Å². The second-order valence-corrected chi connectivity index (χ2v) is 2.52. The molecule has 0 radical (unpaired) electrons. The maximum atomic E-state index is 12.1. The van der Waals surface area contributed by atoms with Gasteiger partial charge in [0.25, 0.3) is 0 Å². The van der Waals surface area contributed by atoms with E-state index in [0.29, 0.717) is 5.02 Å². The molecule has 60 valence electrons. The van der Waals surface area contributed by atoms with Crippen LogP contribution in [0.15, 0.2) is 24.3 Å². The third kappa shape index (κ3) is 2.17. The fourth-order valence-electron chi connectivity index (χ4n) is 0.719. The van der Waals surface area contributed by atoms with E-state index >= 15 is 0 Å². The number of benzene rings is 1. The van der Waals surface area contributed by atoms with Crippen LogP contribution in [0.5, 0.6) is 0 Å². The molecular formula is C8H8ClFO. The molecule has 0 aliphatic carbocycles. The van der Waals surface area contributed by atoms with Crippen LogP contribution < -0.4 is 0 Å². The molecule has 0 aromatic heterocycles. The summed E-state index contributed by atoms with van der Waals surface area (Å²) in [5.74, 6) is 0. The smallest absolute Gasteiger partial charge is 0.119 e. The summed E-state index contributed by atoms with van der Waals surface area (Å²) in [6.07, 6.45) is -2.15. The van der Waals surface area contributed by atoms with Crippen molar-refractivity contribution in [3.63, 3.8) is 0 Å². The molecule has 0 spiro atoms. The van der Waals surface area contributed by atoms with Gasteiger partial charge in [0, 0.05) is 5.02 Å². The Morgan fingerprint density at radius 1 is 1.55 bits per heavy atom. The molecule has 1 unspecified atom stereocenters. The van der Waals surface area contributed by atoms with Crippen LogP contribution in [0.2, 0.25) is 5.02 Å². The predicted octanol–water partition coefficient (Wildman–Crippen LogP) is 2.34. The van der Waals surface area contributed by atoms with Crippen LogP contribution in [0, 0.1) is 0 Å². The zero-order valence-corrected chi connectivity index (χ0v) is 6.48. The van der Waals surface area contributed by atoms with E-state index in [4.69, 9.17) is 18.1 Å². The number of halogens is 2. The molecule has 1 rings (SSSR count). The first-order valence-electron chi connectivity index (χ1n) is 3.60. The van der Waals surface area contributed by atoms with Crippen molar-refractivity contribution >= 4 is 11.6 Å². The molecule has 0 aliphatic rings. The van der Waals surface area contributed by atoms with E-state index in [1.54, 1.807) is 0 Å². The van der Waals surface area contributed by atoms with Gasteiger partial charge in [-0.25, -0.2) is 4.39 Å². The molecule has 0 heterocycles. The minimum Gasteiger partial charge on any atom is -0.386 e. The molecule has 0 fully saturated rings. The summed E-state index contributed by atoms with van der Waals surface area (Å²) in [7, 11) is 0. The van der Waals surface area contributed by atoms with E-state index in [1.165, 1.54) is 24.3 Å². The largest absolute Gasteiger partial charge is 0.386 e. The summed E-state index contributed by atoms with van der Waals surface area (Å²) in [6.45, 7) is -1.13. The summed E-state index contributed by atoms with van der Waals surface area (Å²) in [5.41, 5.74) is 0.203. The third-order valence-corrected chi connectivity index (χ3v) is 1.56. The summed E-state index contributed by atoms with van der Waals surface area (Å²) in [5, 5.41) is 9.63. The van der Waals surface area contributed by atoms with Crippen molar-refractivity contribution in [3.8, 4) is 0 Å². The minimum atomic E-state index is -2.15. The normalized spacial score (nSPS) is 17.2. The minimum absolute atomic E-state index is 0.203. The zero-order valence-electron chi connectivity index (χ0n) is 6.72. The number of rotatable bonds is 2. The van der Waals surface area contributed by atoms with Crippen LogP contribution >= 0.6 is 11.6 Å². The van der Waals surface area contributed by atoms with Gasteiger partial charge in [-0.05, 0) is 17.7 Å². The maximum absolute atomic E-state index is 12.1. The highest BCUT2D eigenvalue weighted by Crippen LogP contribution is 2.16. The van der Waals surface area contributed by atoms with Crippen molar-refractivity contribution in [2.24, 2.45) is 0 Å². The topological polar surface area (TPSA) is 20.2 Å². The van der Waals surface area contributed by atoms with Crippen LogP contribution in [-0.2, 0) is 0 Å². The maximum Gasteiger partial charge on any atom is 0.119 e. The standard InChI is InChI=1S/C8H8ClFO/c9-7-3-1-6(2-4-7)8(11)5-10/h1-4,8,11H,5H2/i8D. The van der Waals surface area contributed by atoms with Gasteiger partial charge in [-0.2, -0.15) is 0 Å². The summed E-state index contributed by atoms with van der Waals surface area (Å²) in [6, 6.07) is 5.86. The molecule has 1 atom stereocenters. The second kappa shape index (κ2) is 3.69. The summed E-state index contributed by atoms with van der Waals surface area (Å²) < 4.78 is 19.2. The number of hydrogen-bond donors (Lipinski definition) is 1. The molecule has 1 N–H and O–H groups in total. The first kappa shape index (κ1) is 7.07. The molecule has 3 heteroatoms. The van der Waals surface area contributed by atoms with Crippen LogP contribution in [0.25, 0.3) is 0 Å². The van der Waals surface area contributed by atoms with Crippen LogP contribution in [-0.4, -0.2) is 11.8 Å². The van der Waals surface area contributed by atoms with E-state index in [2.05, 4.69) is 0 Å². The van der Waals surface area contributed by atoms with Crippen LogP contribution in [0.1, 0.15) is 13.0 Å². The second-order valence-electron chi connectivity index (χ2n) is 2.09. The van der Waals surface area contributed by atoms with Gasteiger partial charge in [-0.3, -0.25) is 0 Å². The Morgan fingerprint density at radius 3 is 2.55 bits per heavy atom. The number of aliphatic hydroxyl groups is 1. The molecule has 0 saturated carbocycles. The average molecular weight is 176 g/mol. The van der Waals surface area contributed by atoms with Crippen LogP contribution in [0.4, 0.5) is 4.39 Å². The van der Waals surface area contributed by atoms with E-state index in [-0.39, 0.29) is 5.56 Å². The molecular weight excluding hydrogens is 167 g/mol. The average Bonchev–Trinajstić information content (AvgIpc) is 2.05. The van der Waals surface area contributed by atoms with Gasteiger partial charge in [-0.15, -0.1) is 0 Å². The fraction of sp³-hybridized carbons (Fsp3) is 0.250. The van der Waals surface area contributed by atoms with Crippen molar-refractivity contribution in [2.75, 3.05) is 6.67 Å². The van der Waals surface area contributed by atoms with E-state index in [9.17, 15) is 4.39 Å². The Bertz CT molecular complexity index is 260. The lowest BCUT2D eigenvalue weighted by Crippen LogP contribution is -1.97. The van der Waals surface area contributed by atoms with Gasteiger partial charge >= 0.3 is 0 Å². The third-order valence-electron chi connectivity index (χ3n) is 1.30. The van der Waals surface area contributed by atoms with Gasteiger partial charge in [-0.1, -0.05) is 23.7 Å². The molecule has 0 saturated heterocycles. The van der Waals surface area contributed by atoms with Crippen molar-refractivity contribution in [1.82, 2.24) is 0 Å². The Hall–Kier alpha value is -0.600. The lowest BCUT2D eigenvalue weighted by Gasteiger charge is -2.04. The Morgan fingerprint density at radius 2 is 2.09 bits per heavy atom. The number of hydrogen-bond acceptors (Lipinski definition) is 1. The highest BCUT2D eigenvalue weighted by molar-refractivity contribution is 6.30.